The van der Waals surface area contributed by atoms with E-state index in [4.69, 9.17) is 31.5 Å². The first-order valence-corrected chi connectivity index (χ1v) is 6.99. The molecule has 2 N–H and O–H groups in total. The third-order valence-electron chi connectivity index (χ3n) is 2.83. The zero-order valence-electron chi connectivity index (χ0n) is 12.3. The molecule has 1 aromatic carbocycles. The molecule has 1 aromatic heterocycles. The second-order valence-corrected chi connectivity index (χ2v) is 4.75. The summed E-state index contributed by atoms with van der Waals surface area (Å²) in [4.78, 5) is 12.0. The molecule has 6 nitrogen and oxygen atoms in total. The summed E-state index contributed by atoms with van der Waals surface area (Å²) in [6, 6.07) is 10.3. The van der Waals surface area contributed by atoms with Crippen LogP contribution in [0.15, 0.2) is 52.7 Å². The van der Waals surface area contributed by atoms with Gasteiger partial charge in [-0.1, -0.05) is 12.2 Å². The van der Waals surface area contributed by atoms with Crippen molar-refractivity contribution in [2.45, 2.75) is 6.61 Å². The van der Waals surface area contributed by atoms with Crippen molar-refractivity contribution < 1.29 is 18.7 Å². The summed E-state index contributed by atoms with van der Waals surface area (Å²) in [5.41, 5.74) is 0.491. The van der Waals surface area contributed by atoms with Crippen molar-refractivity contribution in [2.24, 2.45) is 0 Å². The predicted octanol–water partition coefficient (Wildman–Crippen LogP) is 2.95. The van der Waals surface area contributed by atoms with Crippen LogP contribution in [0.1, 0.15) is 5.76 Å². The fourth-order valence-electron chi connectivity index (χ4n) is 1.67. The second kappa shape index (κ2) is 7.93. The highest BCUT2D eigenvalue weighted by atomic mass is 32.1. The van der Waals surface area contributed by atoms with Gasteiger partial charge in [0.2, 0.25) is 0 Å². The Balaban J connectivity index is 1.97. The van der Waals surface area contributed by atoms with Crippen LogP contribution in [0.4, 0.5) is 5.69 Å². The van der Waals surface area contributed by atoms with Crippen molar-refractivity contribution in [3.8, 4) is 5.75 Å². The highest BCUT2D eigenvalue weighted by molar-refractivity contribution is 7.81. The van der Waals surface area contributed by atoms with E-state index in [0.29, 0.717) is 17.2 Å². The van der Waals surface area contributed by atoms with Gasteiger partial charge in [0.1, 0.15) is 23.1 Å². The van der Waals surface area contributed by atoms with Gasteiger partial charge in [0.25, 0.3) is 0 Å². The number of thiocarbonyl (C=S) groups is 1. The maximum Gasteiger partial charge on any atom is 0.351 e. The van der Waals surface area contributed by atoms with E-state index in [1.807, 2.05) is 5.87 Å². The maximum atomic E-state index is 12.0. The van der Waals surface area contributed by atoms with E-state index in [0.717, 1.165) is 0 Å². The number of carbonyl (C=O) groups excluding carboxylic acids is 1. The monoisotopic (exact) mass is 330 g/mol. The summed E-state index contributed by atoms with van der Waals surface area (Å²) in [7, 11) is 1.57. The third kappa shape index (κ3) is 4.54. The minimum Gasteiger partial charge on any atom is -0.497 e. The Hall–Kier alpha value is -2.89. The topological polar surface area (TPSA) is 84.5 Å². The second-order valence-electron chi connectivity index (χ2n) is 4.34. The molecule has 0 aliphatic rings. The van der Waals surface area contributed by atoms with Gasteiger partial charge in [-0.05, 0) is 42.3 Å². The van der Waals surface area contributed by atoms with Gasteiger partial charge in [-0.2, -0.15) is 0 Å². The molecule has 0 atom stereocenters. The summed E-state index contributed by atoms with van der Waals surface area (Å²) >= 11 is 5.12. The number of rotatable bonds is 6. The molecular weight excluding hydrogens is 316 g/mol. The summed E-state index contributed by atoms with van der Waals surface area (Å²) in [5, 5.41) is 10.1. The van der Waals surface area contributed by atoms with Crippen LogP contribution in [0.2, 0.25) is 0 Å². The third-order valence-corrected chi connectivity index (χ3v) is 3.14. The van der Waals surface area contributed by atoms with Crippen molar-refractivity contribution in [3.63, 3.8) is 0 Å². The van der Waals surface area contributed by atoms with Crippen molar-refractivity contribution in [3.05, 3.63) is 54.0 Å². The van der Waals surface area contributed by atoms with Gasteiger partial charge in [-0.15, -0.1) is 0 Å². The molecule has 0 saturated heterocycles. The Morgan fingerprint density at radius 2 is 2.09 bits per heavy atom. The lowest BCUT2D eigenvalue weighted by Gasteiger charge is -2.09. The van der Waals surface area contributed by atoms with E-state index in [1.54, 1.807) is 43.5 Å². The molecule has 0 unspecified atom stereocenters. The van der Waals surface area contributed by atoms with Crippen LogP contribution in [-0.2, 0) is 16.1 Å². The number of hydrogen-bond donors (Lipinski definition) is 2. The molecule has 0 spiro atoms. The normalized spacial score (nSPS) is 9.61. The molecule has 23 heavy (non-hydrogen) atoms. The summed E-state index contributed by atoms with van der Waals surface area (Å²) in [5.74, 6) is 2.45. The van der Waals surface area contributed by atoms with Crippen LogP contribution >= 0.6 is 12.2 Å². The molecule has 7 heteroatoms. The number of hydrogen-bond acceptors (Lipinski definition) is 6. The first kappa shape index (κ1) is 16.5. The van der Waals surface area contributed by atoms with Gasteiger partial charge in [0.15, 0.2) is 5.57 Å². The highest BCUT2D eigenvalue weighted by Crippen LogP contribution is 2.16. The SMILES string of the molecule is COc1ccc(NC(=S)C(=C=N)C(=O)OCc2ccco2)cc1. The van der Waals surface area contributed by atoms with Crippen LogP contribution in [0.5, 0.6) is 5.75 Å². The maximum absolute atomic E-state index is 12.0. The summed E-state index contributed by atoms with van der Waals surface area (Å²) in [6.07, 6.45) is 1.48. The molecule has 118 valence electrons. The van der Waals surface area contributed by atoms with Gasteiger partial charge in [-0.25, -0.2) is 4.79 Å². The number of esters is 1. The van der Waals surface area contributed by atoms with Gasteiger partial charge in [0, 0.05) is 5.69 Å². The van der Waals surface area contributed by atoms with Crippen molar-refractivity contribution >= 4 is 34.7 Å². The molecule has 0 bridgehead atoms. The summed E-state index contributed by atoms with van der Waals surface area (Å²) < 4.78 is 15.2. The number of benzene rings is 1. The van der Waals surface area contributed by atoms with Crippen LogP contribution in [0.3, 0.4) is 0 Å². The number of anilines is 1. The zero-order chi connectivity index (χ0) is 16.7. The molecule has 0 aliphatic heterocycles. The molecule has 0 saturated carbocycles. The van der Waals surface area contributed by atoms with Crippen molar-refractivity contribution in [2.75, 3.05) is 12.4 Å². The first-order valence-electron chi connectivity index (χ1n) is 6.58. The molecule has 1 heterocycles. The summed E-state index contributed by atoms with van der Waals surface area (Å²) in [6.45, 7) is -0.0395. The molecule has 2 rings (SSSR count). The van der Waals surface area contributed by atoms with Gasteiger partial charge < -0.3 is 19.2 Å². The molecule has 2 aromatic rings. The lowest BCUT2D eigenvalue weighted by atomic mass is 10.2. The molecule has 0 fully saturated rings. The Morgan fingerprint density at radius 3 is 2.65 bits per heavy atom. The largest absolute Gasteiger partial charge is 0.497 e. The standard InChI is InChI=1S/C16H14N2O4S/c1-20-12-6-4-11(5-7-12)18-15(23)14(9-17)16(19)22-10-13-3-2-8-21-13/h2-8,17H,10H2,1H3,(H,18,23). The minimum atomic E-state index is -0.748. The minimum absolute atomic E-state index is 0.0395. The lowest BCUT2D eigenvalue weighted by Crippen LogP contribution is -2.21. The van der Waals surface area contributed by atoms with Crippen LogP contribution in [0, 0.1) is 5.41 Å². The van der Waals surface area contributed by atoms with E-state index in [9.17, 15) is 4.79 Å². The van der Waals surface area contributed by atoms with Gasteiger partial charge in [0.05, 0.1) is 13.4 Å². The van der Waals surface area contributed by atoms with E-state index < -0.39 is 5.97 Å². The predicted molar refractivity (Wildman–Crippen MR) is 89.0 cm³/mol. The molecule has 0 aliphatic carbocycles. The Bertz CT molecular complexity index is 732. The first-order chi connectivity index (χ1) is 11.1. The molecule has 0 amide bonds. The van der Waals surface area contributed by atoms with Gasteiger partial charge in [-0.3, -0.25) is 5.41 Å². The number of furan rings is 1. The smallest absolute Gasteiger partial charge is 0.351 e. The van der Waals surface area contributed by atoms with E-state index in [1.165, 1.54) is 6.26 Å². The molecular formula is C16H14N2O4S. The number of methoxy groups -OCH3 is 1. The van der Waals surface area contributed by atoms with Crippen LogP contribution in [-0.4, -0.2) is 23.9 Å². The van der Waals surface area contributed by atoms with Crippen LogP contribution < -0.4 is 10.1 Å². The number of carbonyl (C=O) groups is 1. The fraction of sp³-hybridized carbons (Fsp3) is 0.125. The van der Waals surface area contributed by atoms with E-state index in [-0.39, 0.29) is 17.2 Å². The fourth-order valence-corrected chi connectivity index (χ4v) is 1.92. The number of ether oxygens (including phenoxy) is 2. The van der Waals surface area contributed by atoms with Crippen molar-refractivity contribution in [1.29, 1.82) is 5.41 Å². The quantitative estimate of drug-likeness (QED) is 0.367. The average Bonchev–Trinajstić information content (AvgIpc) is 3.08. The van der Waals surface area contributed by atoms with E-state index >= 15 is 0 Å². The Kier molecular flexibility index (Phi) is 5.68. The Morgan fingerprint density at radius 1 is 1.35 bits per heavy atom. The van der Waals surface area contributed by atoms with Gasteiger partial charge >= 0.3 is 5.97 Å². The number of nitrogens with one attached hydrogen (secondary N) is 2. The van der Waals surface area contributed by atoms with Crippen molar-refractivity contribution in [1.82, 2.24) is 0 Å². The Labute approximate surface area is 138 Å². The molecule has 0 radical (unpaired) electrons. The average molecular weight is 330 g/mol. The zero-order valence-corrected chi connectivity index (χ0v) is 13.1. The lowest BCUT2D eigenvalue weighted by molar-refractivity contribution is -0.140. The highest BCUT2D eigenvalue weighted by Gasteiger charge is 2.17. The van der Waals surface area contributed by atoms with E-state index in [2.05, 4.69) is 5.32 Å². The van der Waals surface area contributed by atoms with Crippen LogP contribution in [0.25, 0.3) is 0 Å².